The van der Waals surface area contributed by atoms with Crippen molar-refractivity contribution in [3.8, 4) is 5.75 Å². The summed E-state index contributed by atoms with van der Waals surface area (Å²) in [5, 5.41) is 3.37. The normalized spacial score (nSPS) is 47.5. The topological polar surface area (TPSA) is 38.3 Å². The summed E-state index contributed by atoms with van der Waals surface area (Å²) in [7, 11) is 0. The molecule has 1 amide bonds. The van der Waals surface area contributed by atoms with Gasteiger partial charge >= 0.3 is 0 Å². The van der Waals surface area contributed by atoms with E-state index in [0.29, 0.717) is 29.9 Å². The van der Waals surface area contributed by atoms with Crippen molar-refractivity contribution in [2.24, 2.45) is 34.5 Å². The summed E-state index contributed by atoms with van der Waals surface area (Å²) in [6.45, 7) is 7.47. The second kappa shape index (κ2) is 6.50. The third-order valence-corrected chi connectivity index (χ3v) is 9.24. The molecule has 3 heteroatoms. The van der Waals surface area contributed by atoms with E-state index in [-0.39, 0.29) is 11.3 Å². The van der Waals surface area contributed by atoms with Gasteiger partial charge in [-0.15, -0.1) is 0 Å². The van der Waals surface area contributed by atoms with Gasteiger partial charge in [0.25, 0.3) is 0 Å². The zero-order chi connectivity index (χ0) is 19.5. The van der Waals surface area contributed by atoms with Crippen molar-refractivity contribution in [3.63, 3.8) is 0 Å². The highest BCUT2D eigenvalue weighted by Gasteiger charge is 2.61. The molecule has 4 fully saturated rings. The summed E-state index contributed by atoms with van der Waals surface area (Å²) in [5.74, 6) is 4.25. The predicted molar refractivity (Wildman–Crippen MR) is 111 cm³/mol. The van der Waals surface area contributed by atoms with E-state index in [2.05, 4.69) is 56.4 Å². The lowest BCUT2D eigenvalue weighted by Gasteiger charge is -2.61. The molecule has 8 atom stereocenters. The number of fused-ring (bicyclic) bond motifs is 5. The highest BCUT2D eigenvalue weighted by molar-refractivity contribution is 5.77. The first-order chi connectivity index (χ1) is 13.4. The Morgan fingerprint density at radius 2 is 1.86 bits per heavy atom. The summed E-state index contributed by atoms with van der Waals surface area (Å²) in [6.07, 6.45) is 8.32. The summed E-state index contributed by atoms with van der Waals surface area (Å²) >= 11 is 0. The number of carbonyl (C=O) groups is 1. The van der Waals surface area contributed by atoms with E-state index in [9.17, 15) is 4.79 Å². The second-order valence-electron chi connectivity index (χ2n) is 10.8. The fourth-order valence-corrected chi connectivity index (χ4v) is 7.82. The molecule has 0 spiro atoms. The van der Waals surface area contributed by atoms with E-state index in [1.165, 1.54) is 25.7 Å². The molecule has 1 aromatic carbocycles. The van der Waals surface area contributed by atoms with Crippen LogP contribution in [0.1, 0.15) is 65.7 Å². The smallest absolute Gasteiger partial charge is 0.220 e. The molecule has 4 unspecified atom stereocenters. The lowest BCUT2D eigenvalue weighted by molar-refractivity contribution is -0.141. The molecule has 1 aliphatic heterocycles. The Hall–Kier alpha value is -1.51. The number of amides is 1. The Kier molecular flexibility index (Phi) is 4.30. The Morgan fingerprint density at radius 3 is 2.64 bits per heavy atom. The minimum Gasteiger partial charge on any atom is -0.490 e. The van der Waals surface area contributed by atoms with Gasteiger partial charge in [0.1, 0.15) is 5.75 Å². The van der Waals surface area contributed by atoms with Crippen molar-refractivity contribution in [2.75, 3.05) is 0 Å². The van der Waals surface area contributed by atoms with Crippen molar-refractivity contribution in [1.82, 2.24) is 5.32 Å². The number of rotatable bonds is 2. The summed E-state index contributed by atoms with van der Waals surface area (Å²) in [5.41, 5.74) is 0.695. The van der Waals surface area contributed by atoms with Crippen LogP contribution in [0, 0.1) is 34.5 Å². The lowest BCUT2D eigenvalue weighted by Crippen LogP contribution is -2.62. The second-order valence-corrected chi connectivity index (χ2v) is 10.8. The van der Waals surface area contributed by atoms with Crippen molar-refractivity contribution < 1.29 is 9.53 Å². The molecule has 3 saturated carbocycles. The Morgan fingerprint density at radius 1 is 1.07 bits per heavy atom. The van der Waals surface area contributed by atoms with Crippen LogP contribution in [0.5, 0.6) is 5.75 Å². The number of ether oxygens (including phenoxy) is 1. The molecular weight excluding hydrogens is 346 g/mol. The summed E-state index contributed by atoms with van der Waals surface area (Å²) in [6, 6.07) is 10.7. The van der Waals surface area contributed by atoms with E-state index < -0.39 is 0 Å². The van der Waals surface area contributed by atoms with Crippen LogP contribution in [-0.2, 0) is 4.79 Å². The monoisotopic (exact) mass is 381 g/mol. The molecule has 28 heavy (non-hydrogen) atoms. The molecule has 0 radical (unpaired) electrons. The SMILES string of the molecule is C[C@H]1CC2NC(=O)CC[C@]2(C)C2CC[C@]3(C)C[C@@H](Oc4ccccc4)CC3C21. The molecule has 5 rings (SSSR count). The Balaban J connectivity index is 1.39. The summed E-state index contributed by atoms with van der Waals surface area (Å²) < 4.78 is 6.44. The van der Waals surface area contributed by atoms with E-state index in [1.807, 2.05) is 0 Å². The fraction of sp³-hybridized carbons (Fsp3) is 0.720. The van der Waals surface area contributed by atoms with Gasteiger partial charge in [-0.2, -0.15) is 0 Å². The predicted octanol–water partition coefficient (Wildman–Crippen LogP) is 5.20. The number of carbonyl (C=O) groups excluding carboxylic acids is 1. The quantitative estimate of drug-likeness (QED) is 0.764. The molecule has 0 bridgehead atoms. The van der Waals surface area contributed by atoms with Gasteiger partial charge in [-0.05, 0) is 85.2 Å². The van der Waals surface area contributed by atoms with Crippen LogP contribution in [0.2, 0.25) is 0 Å². The zero-order valence-corrected chi connectivity index (χ0v) is 17.6. The van der Waals surface area contributed by atoms with Crippen molar-refractivity contribution in [1.29, 1.82) is 0 Å². The first-order valence-corrected chi connectivity index (χ1v) is 11.4. The van der Waals surface area contributed by atoms with Gasteiger partial charge in [-0.3, -0.25) is 4.79 Å². The number of para-hydroxylation sites is 1. The average Bonchev–Trinajstić information content (AvgIpc) is 3.00. The van der Waals surface area contributed by atoms with Crippen LogP contribution < -0.4 is 10.1 Å². The van der Waals surface area contributed by atoms with Gasteiger partial charge in [0, 0.05) is 12.5 Å². The first kappa shape index (κ1) is 18.5. The maximum absolute atomic E-state index is 12.0. The van der Waals surface area contributed by atoms with Crippen LogP contribution in [-0.4, -0.2) is 18.1 Å². The highest BCUT2D eigenvalue weighted by atomic mass is 16.5. The Labute approximate surface area is 169 Å². The molecule has 3 nitrogen and oxygen atoms in total. The van der Waals surface area contributed by atoms with Crippen molar-refractivity contribution >= 4 is 5.91 Å². The van der Waals surface area contributed by atoms with Gasteiger partial charge in [0.2, 0.25) is 5.91 Å². The summed E-state index contributed by atoms with van der Waals surface area (Å²) in [4.78, 5) is 12.0. The third kappa shape index (κ3) is 2.80. The number of piperidine rings is 1. The molecule has 1 N–H and O–H groups in total. The number of hydrogen-bond donors (Lipinski definition) is 1. The standard InChI is InChI=1S/C25H35NO2/c1-16-13-21-25(3,12-10-22(27)26-21)19-9-11-24(2)15-18(14-20(24)23(16)19)28-17-7-5-4-6-8-17/h4-8,16,18-21,23H,9-15H2,1-3H3,(H,26,27)/t16-,18-,19?,20?,21?,23?,24+,25+/m0/s1. The molecular formula is C25H35NO2. The lowest BCUT2D eigenvalue weighted by atomic mass is 9.45. The van der Waals surface area contributed by atoms with E-state index in [4.69, 9.17) is 4.74 Å². The van der Waals surface area contributed by atoms with Gasteiger partial charge < -0.3 is 10.1 Å². The molecule has 152 valence electrons. The van der Waals surface area contributed by atoms with E-state index in [0.717, 1.165) is 36.3 Å². The van der Waals surface area contributed by atoms with E-state index in [1.54, 1.807) is 0 Å². The van der Waals surface area contributed by atoms with Crippen LogP contribution in [0.4, 0.5) is 0 Å². The average molecular weight is 382 g/mol. The molecule has 0 aromatic heterocycles. The van der Waals surface area contributed by atoms with Crippen LogP contribution in [0.25, 0.3) is 0 Å². The third-order valence-electron chi connectivity index (χ3n) is 9.24. The first-order valence-electron chi connectivity index (χ1n) is 11.4. The van der Waals surface area contributed by atoms with Crippen LogP contribution >= 0.6 is 0 Å². The fourth-order valence-electron chi connectivity index (χ4n) is 7.82. The highest BCUT2D eigenvalue weighted by Crippen LogP contribution is 2.65. The van der Waals surface area contributed by atoms with Crippen molar-refractivity contribution in [2.45, 2.75) is 77.9 Å². The van der Waals surface area contributed by atoms with Crippen LogP contribution in [0.3, 0.4) is 0 Å². The molecule has 1 aromatic rings. The van der Waals surface area contributed by atoms with Gasteiger partial charge in [0.15, 0.2) is 0 Å². The molecule has 4 aliphatic rings. The Bertz CT molecular complexity index is 748. The van der Waals surface area contributed by atoms with Gasteiger partial charge in [0.05, 0.1) is 6.10 Å². The number of nitrogens with one attached hydrogen (secondary N) is 1. The minimum atomic E-state index is 0.269. The largest absolute Gasteiger partial charge is 0.490 e. The number of hydrogen-bond acceptors (Lipinski definition) is 2. The maximum Gasteiger partial charge on any atom is 0.220 e. The molecule has 1 saturated heterocycles. The maximum atomic E-state index is 12.0. The zero-order valence-electron chi connectivity index (χ0n) is 17.6. The molecule has 1 heterocycles. The van der Waals surface area contributed by atoms with E-state index >= 15 is 0 Å². The van der Waals surface area contributed by atoms with Crippen molar-refractivity contribution in [3.05, 3.63) is 30.3 Å². The van der Waals surface area contributed by atoms with Crippen LogP contribution in [0.15, 0.2) is 30.3 Å². The molecule has 3 aliphatic carbocycles. The number of benzene rings is 1. The minimum absolute atomic E-state index is 0.269. The van der Waals surface area contributed by atoms with Gasteiger partial charge in [-0.25, -0.2) is 0 Å². The van der Waals surface area contributed by atoms with Gasteiger partial charge in [-0.1, -0.05) is 39.0 Å².